The molecule has 3 N–H and O–H groups in total. The summed E-state index contributed by atoms with van der Waals surface area (Å²) in [6.45, 7) is 5.30. The third-order valence-corrected chi connectivity index (χ3v) is 5.07. The van der Waals surface area contributed by atoms with Gasteiger partial charge in [-0.05, 0) is 48.5 Å². The van der Waals surface area contributed by atoms with E-state index in [4.69, 9.17) is 17.3 Å². The minimum absolute atomic E-state index is 0. The molecule has 1 fully saturated rings. The van der Waals surface area contributed by atoms with E-state index in [0.29, 0.717) is 34.4 Å². The molecule has 3 aromatic heterocycles. The van der Waals surface area contributed by atoms with E-state index in [9.17, 15) is 5.11 Å². The van der Waals surface area contributed by atoms with Gasteiger partial charge in [0, 0.05) is 5.69 Å². The number of imidazole rings is 1. The van der Waals surface area contributed by atoms with E-state index in [0.717, 1.165) is 24.1 Å². The Labute approximate surface area is 202 Å². The van der Waals surface area contributed by atoms with Crippen molar-refractivity contribution in [2.45, 2.75) is 25.5 Å². The Bertz CT molecular complexity index is 1350. The molecule has 0 radical (unpaired) electrons. The summed E-state index contributed by atoms with van der Waals surface area (Å²) in [4.78, 5) is 15.2. The van der Waals surface area contributed by atoms with E-state index >= 15 is 0 Å². The van der Waals surface area contributed by atoms with Crippen LogP contribution in [-0.4, -0.2) is 40.9 Å². The summed E-state index contributed by atoms with van der Waals surface area (Å²) in [6.07, 6.45) is 9.60. The molecule has 0 bridgehead atoms. The number of aliphatic hydroxyl groups is 1. The van der Waals surface area contributed by atoms with Crippen LogP contribution in [0.15, 0.2) is 59.5 Å². The monoisotopic (exact) mass is 431 g/mol. The van der Waals surface area contributed by atoms with Crippen molar-refractivity contribution in [3.63, 3.8) is 0 Å². The van der Waals surface area contributed by atoms with Crippen molar-refractivity contribution in [2.24, 2.45) is 10.7 Å². The maximum atomic E-state index is 9.39. The predicted octanol–water partition coefficient (Wildman–Crippen LogP) is -0.478. The van der Waals surface area contributed by atoms with Crippen LogP contribution in [0, 0.1) is 12.7 Å². The number of hydrogen-bond donors (Lipinski definition) is 2. The molecule has 5 rings (SSSR count). The van der Waals surface area contributed by atoms with Crippen molar-refractivity contribution in [3.8, 4) is 17.1 Å². The maximum Gasteiger partial charge on any atom is 1.00 e. The summed E-state index contributed by atoms with van der Waals surface area (Å²) < 4.78 is 1.83. The van der Waals surface area contributed by atoms with Gasteiger partial charge < -0.3 is 26.5 Å². The first kappa shape index (κ1) is 22.7. The van der Waals surface area contributed by atoms with Gasteiger partial charge in [0.1, 0.15) is 11.2 Å². The number of rotatable bonds is 7. The second kappa shape index (κ2) is 9.54. The van der Waals surface area contributed by atoms with Crippen LogP contribution in [0.25, 0.3) is 28.2 Å². The third-order valence-electron chi connectivity index (χ3n) is 5.07. The van der Waals surface area contributed by atoms with Crippen molar-refractivity contribution in [2.75, 3.05) is 0 Å². The van der Waals surface area contributed by atoms with E-state index in [1.54, 1.807) is 11.0 Å². The SMILES string of the molecule is [CH-]=C/C=N\C(N)=[C-]c1nc2ccc(-c3cnn(C4CC4)n3)nc2n1-c1ccc(CO)cc1.[Li+]. The van der Waals surface area contributed by atoms with Gasteiger partial charge >= 0.3 is 18.9 Å². The molecule has 33 heavy (non-hydrogen) atoms. The van der Waals surface area contributed by atoms with Crippen LogP contribution in [0.1, 0.15) is 30.3 Å². The van der Waals surface area contributed by atoms with Crippen LogP contribution >= 0.6 is 0 Å². The predicted molar refractivity (Wildman–Crippen MR) is 119 cm³/mol. The second-order valence-corrected chi connectivity index (χ2v) is 7.40. The Kier molecular flexibility index (Phi) is 6.56. The summed E-state index contributed by atoms with van der Waals surface area (Å²) in [6, 6.07) is 11.6. The van der Waals surface area contributed by atoms with Gasteiger partial charge in [-0.1, -0.05) is 18.0 Å². The van der Waals surface area contributed by atoms with Gasteiger partial charge in [-0.25, -0.2) is 11.1 Å². The number of nitrogens with two attached hydrogens (primary N) is 1. The number of fused-ring (bicyclic) bond motifs is 1. The first-order valence-electron chi connectivity index (χ1n) is 10.1. The van der Waals surface area contributed by atoms with Crippen LogP contribution in [0.4, 0.5) is 0 Å². The number of aromatic nitrogens is 6. The van der Waals surface area contributed by atoms with Gasteiger partial charge in [-0.3, -0.25) is 11.6 Å². The van der Waals surface area contributed by atoms with Crippen LogP contribution in [0.2, 0.25) is 0 Å². The molecular weight excluding hydrogens is 411 g/mol. The van der Waals surface area contributed by atoms with E-state index in [1.807, 2.05) is 41.0 Å². The van der Waals surface area contributed by atoms with Gasteiger partial charge in [0.05, 0.1) is 24.5 Å². The quantitative estimate of drug-likeness (QED) is 0.232. The van der Waals surface area contributed by atoms with Gasteiger partial charge in [-0.15, -0.1) is 6.21 Å². The minimum Gasteiger partial charge on any atom is -0.415 e. The molecule has 0 spiro atoms. The average Bonchev–Trinajstić information content (AvgIpc) is 3.44. The first-order valence-corrected chi connectivity index (χ1v) is 10.1. The van der Waals surface area contributed by atoms with Crippen molar-refractivity contribution >= 4 is 17.4 Å². The number of allylic oxidation sites excluding steroid dienone is 1. The molecule has 0 aliphatic heterocycles. The smallest absolute Gasteiger partial charge is 0.415 e. The fourth-order valence-electron chi connectivity index (χ4n) is 3.32. The Morgan fingerprint density at radius 2 is 1.97 bits per heavy atom. The molecule has 4 aromatic rings. The molecule has 3 heterocycles. The molecule has 160 valence electrons. The first-order chi connectivity index (χ1) is 15.7. The minimum atomic E-state index is -0.0415. The van der Waals surface area contributed by atoms with Crippen LogP contribution < -0.4 is 24.6 Å². The van der Waals surface area contributed by atoms with Gasteiger partial charge in [0.15, 0.2) is 5.65 Å². The zero-order chi connectivity index (χ0) is 22.1. The van der Waals surface area contributed by atoms with Crippen molar-refractivity contribution in [1.29, 1.82) is 0 Å². The Hall–Kier alpha value is -3.51. The van der Waals surface area contributed by atoms with Gasteiger partial charge in [-0.2, -0.15) is 15.0 Å². The number of aliphatic hydroxyl groups excluding tert-OH is 1. The number of pyridine rings is 1. The molecular formula is C23H20LiN8O-. The fourth-order valence-corrected chi connectivity index (χ4v) is 3.32. The molecule has 9 nitrogen and oxygen atoms in total. The summed E-state index contributed by atoms with van der Waals surface area (Å²) in [5, 5.41) is 18.3. The summed E-state index contributed by atoms with van der Waals surface area (Å²) in [5.41, 5.74) is 10.2. The molecule has 1 aliphatic rings. The Morgan fingerprint density at radius 1 is 1.18 bits per heavy atom. The third kappa shape index (κ3) is 4.66. The Morgan fingerprint density at radius 3 is 2.67 bits per heavy atom. The zero-order valence-corrected chi connectivity index (χ0v) is 18.1. The van der Waals surface area contributed by atoms with Crippen molar-refractivity contribution in [3.05, 3.63) is 78.5 Å². The van der Waals surface area contributed by atoms with E-state index in [-0.39, 0.29) is 31.3 Å². The molecule has 0 amide bonds. The zero-order valence-electron chi connectivity index (χ0n) is 18.1. The van der Waals surface area contributed by atoms with Gasteiger partial charge in [0.2, 0.25) is 0 Å². The Balaban J connectivity index is 0.00000259. The second-order valence-electron chi connectivity index (χ2n) is 7.40. The number of benzene rings is 1. The number of hydrogen-bond acceptors (Lipinski definition) is 7. The van der Waals surface area contributed by atoms with Crippen LogP contribution in [0.3, 0.4) is 0 Å². The summed E-state index contributed by atoms with van der Waals surface area (Å²) in [7, 11) is 0. The van der Waals surface area contributed by atoms with E-state index in [2.05, 4.69) is 26.2 Å². The summed E-state index contributed by atoms with van der Waals surface area (Å²) in [5.74, 6) is 0.567. The van der Waals surface area contributed by atoms with Crippen molar-refractivity contribution in [1.82, 2.24) is 29.5 Å². The van der Waals surface area contributed by atoms with E-state index in [1.165, 1.54) is 12.3 Å². The van der Waals surface area contributed by atoms with Crippen molar-refractivity contribution < 1.29 is 24.0 Å². The normalized spacial score (nSPS) is 14.0. The molecule has 1 saturated carbocycles. The molecule has 0 unspecified atom stereocenters. The molecule has 0 saturated heterocycles. The molecule has 0 atom stereocenters. The number of nitrogens with zero attached hydrogens (tertiary/aromatic N) is 7. The summed E-state index contributed by atoms with van der Waals surface area (Å²) >= 11 is 0. The van der Waals surface area contributed by atoms with Gasteiger partial charge in [0.25, 0.3) is 0 Å². The molecule has 10 heteroatoms. The van der Waals surface area contributed by atoms with Crippen LogP contribution in [-0.2, 0) is 6.61 Å². The maximum absolute atomic E-state index is 9.39. The van der Waals surface area contributed by atoms with Crippen LogP contribution in [0.5, 0.6) is 0 Å². The van der Waals surface area contributed by atoms with E-state index < -0.39 is 0 Å². The molecule has 1 aliphatic carbocycles. The average molecular weight is 431 g/mol. The fraction of sp³-hybridized carbons (Fsp3) is 0.174. The number of aliphatic imine (C=N–C) groups is 1. The standard InChI is InChI=1S/C23H20N8O.Li/c1-2-11-25-21(24)12-22-27-19-10-9-18(20-13-26-31(29-20)17-7-8-17)28-23(19)30(22)16-5-3-15(14-32)4-6-16;/h1-6,9-11,13,17,32H,7-8,14,24H2;/q-2;+1/b25-11-;. The largest absolute Gasteiger partial charge is 1.00 e. The topological polar surface area (TPSA) is 120 Å². The molecule has 1 aromatic carbocycles.